The van der Waals surface area contributed by atoms with E-state index in [2.05, 4.69) is 55.3 Å². The summed E-state index contributed by atoms with van der Waals surface area (Å²) in [6.45, 7) is 0.952. The number of hydrogen-bond acceptors (Lipinski definition) is 4. The molecule has 1 unspecified atom stereocenters. The molecule has 140 valence electrons. The van der Waals surface area contributed by atoms with Crippen LogP contribution in [0.1, 0.15) is 29.9 Å². The van der Waals surface area contributed by atoms with Crippen molar-refractivity contribution in [3.05, 3.63) is 72.4 Å². The van der Waals surface area contributed by atoms with Gasteiger partial charge in [0.1, 0.15) is 11.4 Å². The summed E-state index contributed by atoms with van der Waals surface area (Å²) >= 11 is 0. The van der Waals surface area contributed by atoms with Crippen LogP contribution < -0.4 is 0 Å². The number of aryl methyl sites for hydroxylation is 2. The minimum Gasteiger partial charge on any atom is -0.336 e. The zero-order valence-corrected chi connectivity index (χ0v) is 15.9. The van der Waals surface area contributed by atoms with Crippen molar-refractivity contribution >= 4 is 0 Å². The minimum atomic E-state index is 0.547. The Labute approximate surface area is 163 Å². The van der Waals surface area contributed by atoms with Gasteiger partial charge in [0.15, 0.2) is 0 Å². The smallest absolute Gasteiger partial charge is 0.113 e. The second-order valence-electron chi connectivity index (χ2n) is 7.45. The molecule has 3 aromatic heterocycles. The monoisotopic (exact) mass is 370 g/mol. The number of fused-ring (bicyclic) bond motifs is 1. The zero-order chi connectivity index (χ0) is 18.9. The Kier molecular flexibility index (Phi) is 4.24. The average molecular weight is 370 g/mol. The lowest BCUT2D eigenvalue weighted by Crippen LogP contribution is -2.14. The maximum atomic E-state index is 4.61. The van der Waals surface area contributed by atoms with Gasteiger partial charge in [-0.25, -0.2) is 4.98 Å². The lowest BCUT2D eigenvalue weighted by atomic mass is 9.83. The van der Waals surface area contributed by atoms with E-state index in [4.69, 9.17) is 0 Å². The van der Waals surface area contributed by atoms with Crippen molar-refractivity contribution < 1.29 is 0 Å². The van der Waals surface area contributed by atoms with Crippen LogP contribution in [0.3, 0.4) is 0 Å². The lowest BCUT2D eigenvalue weighted by molar-refractivity contribution is 0.483. The van der Waals surface area contributed by atoms with Crippen LogP contribution in [0.15, 0.2) is 61.3 Å². The Hall–Kier alpha value is -3.28. The molecule has 1 aliphatic rings. The van der Waals surface area contributed by atoms with Crippen molar-refractivity contribution in [2.75, 3.05) is 0 Å². The number of nitrogens with zero attached hydrogens (tertiary/aromatic N) is 6. The molecule has 0 fully saturated rings. The van der Waals surface area contributed by atoms with Crippen LogP contribution in [0, 0.1) is 0 Å². The van der Waals surface area contributed by atoms with Crippen LogP contribution in [0.4, 0.5) is 0 Å². The largest absolute Gasteiger partial charge is 0.336 e. The predicted molar refractivity (Wildman–Crippen MR) is 108 cm³/mol. The third-order valence-electron chi connectivity index (χ3n) is 5.48. The molecule has 5 rings (SSSR count). The first-order chi connectivity index (χ1) is 13.8. The van der Waals surface area contributed by atoms with Gasteiger partial charge in [-0.15, -0.1) is 5.10 Å². The molecule has 0 saturated carbocycles. The Balaban J connectivity index is 1.39. The molecule has 4 aromatic rings. The SMILES string of the molecule is Cn1cc(-c2ccnc(-c3cn(CC4CCCc5ccccc54)cn3)c2)nn1. The third-order valence-corrected chi connectivity index (χ3v) is 5.48. The summed E-state index contributed by atoms with van der Waals surface area (Å²) in [6.07, 6.45) is 11.4. The summed E-state index contributed by atoms with van der Waals surface area (Å²) in [4.78, 5) is 9.11. The fourth-order valence-electron chi connectivity index (χ4n) is 4.10. The number of rotatable bonds is 4. The Morgan fingerprint density at radius 1 is 1.04 bits per heavy atom. The van der Waals surface area contributed by atoms with Crippen molar-refractivity contribution in [1.29, 1.82) is 0 Å². The topological polar surface area (TPSA) is 61.4 Å². The van der Waals surface area contributed by atoms with Crippen LogP contribution in [-0.2, 0) is 20.0 Å². The molecule has 0 saturated heterocycles. The first-order valence-electron chi connectivity index (χ1n) is 9.69. The molecule has 3 heterocycles. The fourth-order valence-corrected chi connectivity index (χ4v) is 4.10. The van der Waals surface area contributed by atoms with Crippen LogP contribution in [0.2, 0.25) is 0 Å². The van der Waals surface area contributed by atoms with E-state index in [1.807, 2.05) is 31.7 Å². The summed E-state index contributed by atoms with van der Waals surface area (Å²) in [6, 6.07) is 12.8. The first-order valence-corrected chi connectivity index (χ1v) is 9.69. The number of hydrogen-bond donors (Lipinski definition) is 0. The zero-order valence-electron chi connectivity index (χ0n) is 15.9. The van der Waals surface area contributed by atoms with Gasteiger partial charge >= 0.3 is 0 Å². The van der Waals surface area contributed by atoms with Gasteiger partial charge < -0.3 is 4.57 Å². The van der Waals surface area contributed by atoms with Crippen molar-refractivity contribution in [3.63, 3.8) is 0 Å². The number of aromatic nitrogens is 6. The van der Waals surface area contributed by atoms with Gasteiger partial charge in [-0.3, -0.25) is 9.67 Å². The van der Waals surface area contributed by atoms with Crippen molar-refractivity contribution in [2.24, 2.45) is 7.05 Å². The molecule has 6 nitrogen and oxygen atoms in total. The summed E-state index contributed by atoms with van der Waals surface area (Å²) < 4.78 is 3.89. The molecule has 1 atom stereocenters. The number of pyridine rings is 1. The molecule has 0 N–H and O–H groups in total. The summed E-state index contributed by atoms with van der Waals surface area (Å²) in [5.74, 6) is 0.547. The molecule has 28 heavy (non-hydrogen) atoms. The maximum Gasteiger partial charge on any atom is 0.113 e. The quantitative estimate of drug-likeness (QED) is 0.547. The van der Waals surface area contributed by atoms with E-state index in [-0.39, 0.29) is 0 Å². The highest BCUT2D eigenvalue weighted by molar-refractivity contribution is 5.65. The molecule has 1 aromatic carbocycles. The van der Waals surface area contributed by atoms with Crippen LogP contribution in [0.5, 0.6) is 0 Å². The van der Waals surface area contributed by atoms with Gasteiger partial charge in [-0.05, 0) is 42.5 Å². The van der Waals surface area contributed by atoms with Gasteiger partial charge in [0.25, 0.3) is 0 Å². The molecule has 0 spiro atoms. The van der Waals surface area contributed by atoms with Gasteiger partial charge in [0.05, 0.1) is 18.2 Å². The highest BCUT2D eigenvalue weighted by Crippen LogP contribution is 2.33. The normalized spacial score (nSPS) is 16.1. The standard InChI is InChI=1S/C22H22N6/c1-27-13-21(25-26-27)17-9-10-23-20(11-17)22-14-28(15-24-22)12-18-7-4-6-16-5-2-3-8-19(16)18/h2-3,5,8-11,13-15,18H,4,6-7,12H2,1H3. The first kappa shape index (κ1) is 16.9. The van der Waals surface area contributed by atoms with E-state index >= 15 is 0 Å². The molecule has 0 amide bonds. The van der Waals surface area contributed by atoms with Crippen molar-refractivity contribution in [3.8, 4) is 22.6 Å². The van der Waals surface area contributed by atoms with E-state index < -0.39 is 0 Å². The summed E-state index contributed by atoms with van der Waals surface area (Å²) in [5.41, 5.74) is 6.56. The van der Waals surface area contributed by atoms with Gasteiger partial charge in [0, 0.05) is 37.5 Å². The Morgan fingerprint density at radius 3 is 2.86 bits per heavy atom. The number of imidazole rings is 1. The second kappa shape index (κ2) is 7.03. The Bertz CT molecular complexity index is 1110. The van der Waals surface area contributed by atoms with E-state index in [0.29, 0.717) is 5.92 Å². The van der Waals surface area contributed by atoms with Crippen molar-refractivity contribution in [2.45, 2.75) is 31.7 Å². The van der Waals surface area contributed by atoms with Crippen LogP contribution in [0.25, 0.3) is 22.6 Å². The molecule has 6 heteroatoms. The molecule has 0 aliphatic heterocycles. The summed E-state index contributed by atoms with van der Waals surface area (Å²) in [5, 5.41) is 8.19. The molecule has 0 bridgehead atoms. The van der Waals surface area contributed by atoms with Crippen LogP contribution in [-0.4, -0.2) is 29.5 Å². The van der Waals surface area contributed by atoms with E-state index in [0.717, 1.165) is 29.2 Å². The lowest BCUT2D eigenvalue weighted by Gasteiger charge is -2.25. The molecule has 0 radical (unpaired) electrons. The minimum absolute atomic E-state index is 0.547. The van der Waals surface area contributed by atoms with E-state index in [1.165, 1.54) is 30.4 Å². The van der Waals surface area contributed by atoms with Gasteiger partial charge in [0.2, 0.25) is 0 Å². The number of benzene rings is 1. The predicted octanol–water partition coefficient (Wildman–Crippen LogP) is 3.86. The highest BCUT2D eigenvalue weighted by atomic mass is 15.4. The summed E-state index contributed by atoms with van der Waals surface area (Å²) in [7, 11) is 1.86. The maximum absolute atomic E-state index is 4.61. The van der Waals surface area contributed by atoms with Gasteiger partial charge in [-0.1, -0.05) is 29.5 Å². The Morgan fingerprint density at radius 2 is 1.96 bits per heavy atom. The fraction of sp³-hybridized carbons (Fsp3) is 0.273. The second-order valence-corrected chi connectivity index (χ2v) is 7.45. The molecular weight excluding hydrogens is 348 g/mol. The highest BCUT2D eigenvalue weighted by Gasteiger charge is 2.20. The molecule has 1 aliphatic carbocycles. The van der Waals surface area contributed by atoms with Crippen molar-refractivity contribution in [1.82, 2.24) is 29.5 Å². The van der Waals surface area contributed by atoms with E-state index in [1.54, 1.807) is 10.9 Å². The van der Waals surface area contributed by atoms with Crippen LogP contribution >= 0.6 is 0 Å². The van der Waals surface area contributed by atoms with E-state index in [9.17, 15) is 0 Å². The molecular formula is C22H22N6. The average Bonchev–Trinajstić information content (AvgIpc) is 3.38. The van der Waals surface area contributed by atoms with Gasteiger partial charge in [-0.2, -0.15) is 0 Å². The third kappa shape index (κ3) is 3.22.